The Kier molecular flexibility index (Phi) is 4.50. The monoisotopic (exact) mass is 386 g/mol. The Morgan fingerprint density at radius 1 is 1.10 bits per heavy atom. The normalized spacial score (nSPS) is 16.2. The van der Waals surface area contributed by atoms with E-state index in [9.17, 15) is 4.79 Å². The number of nitrogens with one attached hydrogen (secondary N) is 1. The van der Waals surface area contributed by atoms with Gasteiger partial charge in [0.15, 0.2) is 0 Å². The van der Waals surface area contributed by atoms with Crippen LogP contribution in [0.2, 0.25) is 0 Å². The summed E-state index contributed by atoms with van der Waals surface area (Å²) in [6, 6.07) is 17.0. The van der Waals surface area contributed by atoms with Crippen LogP contribution < -0.4 is 5.32 Å². The molecule has 1 unspecified atom stereocenters. The number of nitrogens with zero attached hydrogens (tertiary/aromatic N) is 3. The Balaban J connectivity index is 1.42. The number of hydrogen-bond donors (Lipinski definition) is 1. The second kappa shape index (κ2) is 7.44. The first-order valence-corrected chi connectivity index (χ1v) is 9.49. The molecule has 2 aromatic heterocycles. The molecule has 0 aliphatic carbocycles. The van der Waals surface area contributed by atoms with Gasteiger partial charge in [-0.05, 0) is 43.2 Å². The lowest BCUT2D eigenvalue weighted by Crippen LogP contribution is -2.26. The lowest BCUT2D eigenvalue weighted by atomic mass is 10.1. The zero-order valence-corrected chi connectivity index (χ0v) is 15.5. The van der Waals surface area contributed by atoms with Crippen molar-refractivity contribution in [2.75, 3.05) is 11.9 Å². The summed E-state index contributed by atoms with van der Waals surface area (Å²) in [7, 11) is 0. The molecule has 0 radical (unpaired) electrons. The number of ether oxygens (including phenoxy) is 1. The number of carbonyl (C=O) groups is 1. The molecule has 0 spiro atoms. The van der Waals surface area contributed by atoms with Crippen molar-refractivity contribution in [3.63, 3.8) is 0 Å². The number of para-hydroxylation sites is 1. The Labute approximate surface area is 166 Å². The molecule has 1 atom stereocenters. The van der Waals surface area contributed by atoms with Crippen LogP contribution in [-0.2, 0) is 9.53 Å². The molecule has 1 aliphatic heterocycles. The predicted molar refractivity (Wildman–Crippen MR) is 108 cm³/mol. The van der Waals surface area contributed by atoms with Crippen molar-refractivity contribution in [3.05, 3.63) is 60.8 Å². The number of carbonyl (C=O) groups excluding carboxylic acids is 1. The number of rotatable bonds is 4. The number of anilines is 1. The van der Waals surface area contributed by atoms with Crippen LogP contribution in [0.15, 0.2) is 65.3 Å². The van der Waals surface area contributed by atoms with Gasteiger partial charge < -0.3 is 14.6 Å². The number of aromatic nitrogens is 3. The van der Waals surface area contributed by atoms with Crippen molar-refractivity contribution in [2.24, 2.45) is 0 Å². The maximum atomic E-state index is 12.3. The van der Waals surface area contributed by atoms with Crippen LogP contribution >= 0.6 is 0 Å². The van der Waals surface area contributed by atoms with Crippen LogP contribution in [0.3, 0.4) is 0 Å². The second-order valence-electron chi connectivity index (χ2n) is 6.87. The second-order valence-corrected chi connectivity index (χ2v) is 6.87. The number of benzene rings is 2. The third-order valence-corrected chi connectivity index (χ3v) is 4.92. The summed E-state index contributed by atoms with van der Waals surface area (Å²) in [6.07, 6.45) is 3.01. The Hall–Kier alpha value is -3.58. The zero-order valence-electron chi connectivity index (χ0n) is 15.5. The molecule has 2 aromatic carbocycles. The summed E-state index contributed by atoms with van der Waals surface area (Å²) in [5.41, 5.74) is 3.12. The van der Waals surface area contributed by atoms with Crippen LogP contribution in [0.4, 0.5) is 5.69 Å². The minimum Gasteiger partial charge on any atom is -0.368 e. The molecule has 3 heterocycles. The first-order valence-electron chi connectivity index (χ1n) is 9.49. The molecule has 1 saturated heterocycles. The molecular weight excluding hydrogens is 368 g/mol. The third-order valence-electron chi connectivity index (χ3n) is 4.92. The first kappa shape index (κ1) is 17.5. The highest BCUT2D eigenvalue weighted by atomic mass is 16.5. The van der Waals surface area contributed by atoms with E-state index >= 15 is 0 Å². The fourth-order valence-corrected chi connectivity index (χ4v) is 3.48. The average molecular weight is 386 g/mol. The third kappa shape index (κ3) is 3.48. The van der Waals surface area contributed by atoms with Gasteiger partial charge in [0.25, 0.3) is 11.8 Å². The predicted octanol–water partition coefficient (Wildman–Crippen LogP) is 4.07. The van der Waals surface area contributed by atoms with E-state index in [-0.39, 0.29) is 12.0 Å². The van der Waals surface area contributed by atoms with Gasteiger partial charge in [0.1, 0.15) is 6.10 Å². The van der Waals surface area contributed by atoms with Crippen LogP contribution in [0, 0.1) is 0 Å². The van der Waals surface area contributed by atoms with E-state index in [2.05, 4.69) is 20.4 Å². The van der Waals surface area contributed by atoms with E-state index in [0.29, 0.717) is 24.0 Å². The molecule has 5 rings (SSSR count). The van der Waals surface area contributed by atoms with Gasteiger partial charge in [0.2, 0.25) is 5.82 Å². The maximum Gasteiger partial charge on any atom is 0.258 e. The fourth-order valence-electron chi connectivity index (χ4n) is 3.48. The molecule has 4 aromatic rings. The van der Waals surface area contributed by atoms with Crippen LogP contribution in [-0.4, -0.2) is 33.7 Å². The Bertz CT molecular complexity index is 1180. The molecule has 1 amide bonds. The van der Waals surface area contributed by atoms with Gasteiger partial charge in [-0.1, -0.05) is 29.4 Å². The molecule has 0 saturated carbocycles. The van der Waals surface area contributed by atoms with E-state index in [1.807, 2.05) is 54.6 Å². The highest BCUT2D eigenvalue weighted by Crippen LogP contribution is 2.28. The van der Waals surface area contributed by atoms with Gasteiger partial charge in [-0.25, -0.2) is 0 Å². The smallest absolute Gasteiger partial charge is 0.258 e. The van der Waals surface area contributed by atoms with Crippen molar-refractivity contribution in [3.8, 4) is 22.8 Å². The molecule has 1 aliphatic rings. The SMILES string of the molecule is O=C(Nc1cccc(-c2nc(-c3ccnc4ccccc34)no2)c1)C1CCCO1. The lowest BCUT2D eigenvalue weighted by molar-refractivity contribution is -0.124. The average Bonchev–Trinajstić information content (AvgIpc) is 3.46. The van der Waals surface area contributed by atoms with E-state index in [4.69, 9.17) is 9.26 Å². The first-order chi connectivity index (χ1) is 14.3. The number of pyridine rings is 1. The van der Waals surface area contributed by atoms with Crippen LogP contribution in [0.1, 0.15) is 12.8 Å². The summed E-state index contributed by atoms with van der Waals surface area (Å²) in [5, 5.41) is 8.00. The Morgan fingerprint density at radius 2 is 2.03 bits per heavy atom. The van der Waals surface area contributed by atoms with Gasteiger partial charge in [0, 0.05) is 35.0 Å². The Morgan fingerprint density at radius 3 is 2.93 bits per heavy atom. The van der Waals surface area contributed by atoms with Gasteiger partial charge >= 0.3 is 0 Å². The topological polar surface area (TPSA) is 90.1 Å². The quantitative estimate of drug-likeness (QED) is 0.569. The highest BCUT2D eigenvalue weighted by Gasteiger charge is 2.23. The molecule has 29 heavy (non-hydrogen) atoms. The minimum absolute atomic E-state index is 0.130. The van der Waals surface area contributed by atoms with Gasteiger partial charge in [-0.2, -0.15) is 4.98 Å². The van der Waals surface area contributed by atoms with Crippen molar-refractivity contribution >= 4 is 22.5 Å². The lowest BCUT2D eigenvalue weighted by Gasteiger charge is -2.10. The van der Waals surface area contributed by atoms with Gasteiger partial charge in [-0.15, -0.1) is 0 Å². The van der Waals surface area contributed by atoms with E-state index in [1.54, 1.807) is 6.20 Å². The number of hydrogen-bond acceptors (Lipinski definition) is 6. The molecule has 144 valence electrons. The highest BCUT2D eigenvalue weighted by molar-refractivity contribution is 5.95. The number of fused-ring (bicyclic) bond motifs is 1. The minimum atomic E-state index is -0.381. The molecule has 0 bridgehead atoms. The van der Waals surface area contributed by atoms with Gasteiger partial charge in [-0.3, -0.25) is 9.78 Å². The van der Waals surface area contributed by atoms with Crippen LogP contribution in [0.5, 0.6) is 0 Å². The summed E-state index contributed by atoms with van der Waals surface area (Å²) >= 11 is 0. The molecule has 1 N–H and O–H groups in total. The van der Waals surface area contributed by atoms with Gasteiger partial charge in [0.05, 0.1) is 5.52 Å². The van der Waals surface area contributed by atoms with E-state index in [0.717, 1.165) is 34.9 Å². The van der Waals surface area contributed by atoms with Crippen molar-refractivity contribution in [2.45, 2.75) is 18.9 Å². The van der Waals surface area contributed by atoms with Crippen molar-refractivity contribution in [1.82, 2.24) is 15.1 Å². The summed E-state index contributed by atoms with van der Waals surface area (Å²) in [4.78, 5) is 21.2. The summed E-state index contributed by atoms with van der Waals surface area (Å²) < 4.78 is 10.9. The van der Waals surface area contributed by atoms with E-state index in [1.165, 1.54) is 0 Å². The van der Waals surface area contributed by atoms with E-state index < -0.39 is 0 Å². The standard InChI is InChI=1S/C22H18N4O3/c27-21(19-9-4-12-28-19)24-15-6-3-5-14(13-15)22-25-20(26-29-22)17-10-11-23-18-8-2-1-7-16(17)18/h1-3,5-8,10-11,13,19H,4,9,12H2,(H,24,27). The molecular formula is C22H18N4O3. The van der Waals surface area contributed by atoms with Crippen molar-refractivity contribution in [1.29, 1.82) is 0 Å². The number of amides is 1. The van der Waals surface area contributed by atoms with Crippen molar-refractivity contribution < 1.29 is 14.1 Å². The largest absolute Gasteiger partial charge is 0.368 e. The molecule has 1 fully saturated rings. The summed E-state index contributed by atoms with van der Waals surface area (Å²) in [5.74, 6) is 0.746. The fraction of sp³-hybridized carbons (Fsp3) is 0.182. The summed E-state index contributed by atoms with van der Waals surface area (Å²) in [6.45, 7) is 0.632. The molecule has 7 nitrogen and oxygen atoms in total. The molecule has 7 heteroatoms. The zero-order chi connectivity index (χ0) is 19.6. The van der Waals surface area contributed by atoms with Crippen LogP contribution in [0.25, 0.3) is 33.7 Å². The maximum absolute atomic E-state index is 12.3.